The molecule has 1 aromatic heterocycles. The Hall–Kier alpha value is -2.87. The summed E-state index contributed by atoms with van der Waals surface area (Å²) in [6, 6.07) is 13.5. The quantitative estimate of drug-likeness (QED) is 0.479. The molecule has 0 aliphatic carbocycles. The van der Waals surface area contributed by atoms with Crippen molar-refractivity contribution in [2.24, 2.45) is 4.99 Å². The van der Waals surface area contributed by atoms with Gasteiger partial charge in [0.2, 0.25) is 0 Å². The summed E-state index contributed by atoms with van der Waals surface area (Å²) in [4.78, 5) is 9.21. The summed E-state index contributed by atoms with van der Waals surface area (Å²) in [6.45, 7) is 5.85. The zero-order valence-electron chi connectivity index (χ0n) is 17.2. The summed E-state index contributed by atoms with van der Waals surface area (Å²) in [5.41, 5.74) is 3.86. The van der Waals surface area contributed by atoms with Crippen molar-refractivity contribution in [1.82, 2.24) is 20.2 Å². The van der Waals surface area contributed by atoms with Gasteiger partial charge in [0.15, 0.2) is 15.8 Å². The Kier molecular flexibility index (Phi) is 6.22. The molecule has 0 unspecified atom stereocenters. The molecular weight excluding hydrogens is 386 g/mol. The van der Waals surface area contributed by atoms with Gasteiger partial charge in [-0.25, -0.2) is 13.4 Å². The fourth-order valence-corrected chi connectivity index (χ4v) is 4.37. The Balaban J connectivity index is 1.57. The van der Waals surface area contributed by atoms with Crippen LogP contribution in [0.5, 0.6) is 0 Å². The average Bonchev–Trinajstić information content (AvgIpc) is 2.99. The highest BCUT2D eigenvalue weighted by molar-refractivity contribution is 7.90. The van der Waals surface area contributed by atoms with Gasteiger partial charge in [-0.15, -0.1) is 0 Å². The lowest BCUT2D eigenvalue weighted by Gasteiger charge is -2.14. The highest BCUT2D eigenvalue weighted by atomic mass is 32.2. The standard InChI is InChI=1S/C21H27N5O2S/c1-15-13-17(9-10-20(15)29(4,27)28)14-24-21(22-3)23-11-12-26-16(2)25-18-7-5-6-8-19(18)26/h5-10,13H,11-12,14H2,1-4H3,(H2,22,23,24). The van der Waals surface area contributed by atoms with Crippen LogP contribution in [-0.2, 0) is 22.9 Å². The van der Waals surface area contributed by atoms with E-state index in [0.717, 1.165) is 34.5 Å². The van der Waals surface area contributed by atoms with E-state index in [2.05, 4.69) is 31.2 Å². The molecule has 0 radical (unpaired) electrons. The Morgan fingerprint density at radius 2 is 1.90 bits per heavy atom. The van der Waals surface area contributed by atoms with E-state index in [1.54, 1.807) is 13.1 Å². The maximum absolute atomic E-state index is 11.7. The highest BCUT2D eigenvalue weighted by Gasteiger charge is 2.11. The molecule has 2 N–H and O–H groups in total. The normalized spacial score (nSPS) is 12.3. The second-order valence-corrected chi connectivity index (χ2v) is 9.01. The molecule has 1 heterocycles. The third-order valence-electron chi connectivity index (χ3n) is 4.80. The first kappa shape index (κ1) is 20.9. The fourth-order valence-electron chi connectivity index (χ4n) is 3.41. The molecule has 8 heteroatoms. The van der Waals surface area contributed by atoms with Crippen molar-refractivity contribution in [3.63, 3.8) is 0 Å². The van der Waals surface area contributed by atoms with Crippen molar-refractivity contribution in [3.8, 4) is 0 Å². The van der Waals surface area contributed by atoms with Gasteiger partial charge in [-0.3, -0.25) is 4.99 Å². The first-order valence-corrected chi connectivity index (χ1v) is 11.3. The second-order valence-electron chi connectivity index (χ2n) is 7.02. The van der Waals surface area contributed by atoms with Crippen LogP contribution in [0.25, 0.3) is 11.0 Å². The molecule has 3 rings (SSSR count). The largest absolute Gasteiger partial charge is 0.355 e. The van der Waals surface area contributed by atoms with Crippen LogP contribution in [0.2, 0.25) is 0 Å². The molecule has 0 amide bonds. The maximum Gasteiger partial charge on any atom is 0.191 e. The van der Waals surface area contributed by atoms with Crippen LogP contribution < -0.4 is 10.6 Å². The highest BCUT2D eigenvalue weighted by Crippen LogP contribution is 2.17. The fraction of sp³-hybridized carbons (Fsp3) is 0.333. The third kappa shape index (κ3) is 4.95. The number of aryl methyl sites for hydroxylation is 2. The maximum atomic E-state index is 11.7. The van der Waals surface area contributed by atoms with E-state index in [-0.39, 0.29) is 0 Å². The Labute approximate surface area is 171 Å². The number of hydrogen-bond acceptors (Lipinski definition) is 4. The van der Waals surface area contributed by atoms with Crippen molar-refractivity contribution >= 4 is 26.8 Å². The topological polar surface area (TPSA) is 88.4 Å². The van der Waals surface area contributed by atoms with Crippen LogP contribution in [0.1, 0.15) is 17.0 Å². The number of guanidine groups is 1. The van der Waals surface area contributed by atoms with Crippen LogP contribution in [0.4, 0.5) is 0 Å². The lowest BCUT2D eigenvalue weighted by Crippen LogP contribution is -2.38. The zero-order valence-corrected chi connectivity index (χ0v) is 18.0. The minimum atomic E-state index is -3.20. The van der Waals surface area contributed by atoms with Gasteiger partial charge in [0.05, 0.1) is 15.9 Å². The zero-order chi connectivity index (χ0) is 21.0. The molecule has 0 bridgehead atoms. The van der Waals surface area contributed by atoms with Crippen LogP contribution in [0.15, 0.2) is 52.4 Å². The van der Waals surface area contributed by atoms with Crippen LogP contribution in [-0.4, -0.2) is 43.8 Å². The van der Waals surface area contributed by atoms with Crippen molar-refractivity contribution in [3.05, 3.63) is 59.4 Å². The van der Waals surface area contributed by atoms with E-state index in [4.69, 9.17) is 0 Å². The smallest absolute Gasteiger partial charge is 0.191 e. The Bertz CT molecular complexity index is 1150. The third-order valence-corrected chi connectivity index (χ3v) is 6.05. The van der Waals surface area contributed by atoms with E-state index in [1.165, 1.54) is 6.26 Å². The summed E-state index contributed by atoms with van der Waals surface area (Å²) in [6.07, 6.45) is 1.23. The van der Waals surface area contributed by atoms with Crippen molar-refractivity contribution in [2.75, 3.05) is 19.8 Å². The molecule has 0 aliphatic heterocycles. The number of para-hydroxylation sites is 2. The van der Waals surface area contributed by atoms with Gasteiger partial charge in [-0.1, -0.05) is 24.3 Å². The van der Waals surface area contributed by atoms with Gasteiger partial charge in [0.1, 0.15) is 5.82 Å². The second kappa shape index (κ2) is 8.65. The summed E-state index contributed by atoms with van der Waals surface area (Å²) in [5, 5.41) is 6.58. The minimum Gasteiger partial charge on any atom is -0.355 e. The molecule has 0 spiro atoms. The van der Waals surface area contributed by atoms with E-state index in [9.17, 15) is 8.42 Å². The minimum absolute atomic E-state index is 0.367. The molecule has 2 aromatic carbocycles. The van der Waals surface area contributed by atoms with Crippen molar-refractivity contribution < 1.29 is 8.42 Å². The number of hydrogen-bond donors (Lipinski definition) is 2. The molecule has 0 fully saturated rings. The molecule has 0 saturated carbocycles. The van der Waals surface area contributed by atoms with Gasteiger partial charge in [-0.2, -0.15) is 0 Å². The van der Waals surface area contributed by atoms with Gasteiger partial charge in [0, 0.05) is 32.9 Å². The van der Waals surface area contributed by atoms with Crippen molar-refractivity contribution in [2.45, 2.75) is 31.8 Å². The van der Waals surface area contributed by atoms with Crippen LogP contribution in [0.3, 0.4) is 0 Å². The van der Waals surface area contributed by atoms with Crippen molar-refractivity contribution in [1.29, 1.82) is 0 Å². The SMILES string of the molecule is CN=C(NCCn1c(C)nc2ccccc21)NCc1ccc(S(C)(=O)=O)c(C)c1. The molecule has 154 valence electrons. The number of nitrogens with one attached hydrogen (secondary N) is 2. The molecule has 0 saturated heterocycles. The lowest BCUT2D eigenvalue weighted by atomic mass is 10.1. The summed E-state index contributed by atoms with van der Waals surface area (Å²) in [7, 11) is -1.48. The number of fused-ring (bicyclic) bond motifs is 1. The lowest BCUT2D eigenvalue weighted by molar-refractivity contribution is 0.601. The number of imidazole rings is 1. The summed E-state index contributed by atoms with van der Waals surface area (Å²) < 4.78 is 25.7. The van der Waals surface area contributed by atoms with Crippen LogP contribution >= 0.6 is 0 Å². The first-order chi connectivity index (χ1) is 13.8. The molecule has 3 aromatic rings. The number of aliphatic imine (C=N–C) groups is 1. The Morgan fingerprint density at radius 1 is 1.14 bits per heavy atom. The van der Waals surface area contributed by atoms with E-state index in [1.807, 2.05) is 44.2 Å². The Morgan fingerprint density at radius 3 is 2.59 bits per heavy atom. The number of sulfone groups is 1. The molecular formula is C21H27N5O2S. The number of nitrogens with zero attached hydrogens (tertiary/aromatic N) is 3. The van der Waals surface area contributed by atoms with Crippen LogP contribution in [0, 0.1) is 13.8 Å². The predicted molar refractivity (Wildman–Crippen MR) is 117 cm³/mol. The number of benzene rings is 2. The predicted octanol–water partition coefficient (Wildman–Crippen LogP) is 2.42. The first-order valence-electron chi connectivity index (χ1n) is 9.45. The summed E-state index contributed by atoms with van der Waals surface area (Å²) >= 11 is 0. The molecule has 0 atom stereocenters. The van der Waals surface area contributed by atoms with Gasteiger partial charge in [-0.05, 0) is 43.2 Å². The number of aromatic nitrogens is 2. The van der Waals surface area contributed by atoms with E-state index >= 15 is 0 Å². The van der Waals surface area contributed by atoms with Gasteiger partial charge >= 0.3 is 0 Å². The van der Waals surface area contributed by atoms with E-state index in [0.29, 0.717) is 23.9 Å². The monoisotopic (exact) mass is 413 g/mol. The summed E-state index contributed by atoms with van der Waals surface area (Å²) in [5.74, 6) is 1.68. The van der Waals surface area contributed by atoms with Gasteiger partial charge < -0.3 is 15.2 Å². The van der Waals surface area contributed by atoms with E-state index < -0.39 is 9.84 Å². The van der Waals surface area contributed by atoms with Gasteiger partial charge in [0.25, 0.3) is 0 Å². The molecule has 0 aliphatic rings. The molecule has 7 nitrogen and oxygen atoms in total. The average molecular weight is 414 g/mol. The molecule has 29 heavy (non-hydrogen) atoms. The number of rotatable bonds is 6.